The van der Waals surface area contributed by atoms with Gasteiger partial charge in [-0.25, -0.2) is 9.67 Å². The number of allylic oxidation sites excluding steroid dienone is 3. The zero-order valence-corrected chi connectivity index (χ0v) is 16.0. The molecule has 0 bridgehead atoms. The highest BCUT2D eigenvalue weighted by Crippen LogP contribution is 2.40. The maximum absolute atomic E-state index is 12.9. The summed E-state index contributed by atoms with van der Waals surface area (Å²) in [5.41, 5.74) is 4.99. The lowest BCUT2D eigenvalue weighted by atomic mass is 9.92. The molecule has 0 saturated heterocycles. The first-order valence-corrected chi connectivity index (χ1v) is 9.52. The first-order chi connectivity index (χ1) is 13.0. The van der Waals surface area contributed by atoms with Crippen LogP contribution in [0.2, 0.25) is 0 Å². The quantitative estimate of drug-likeness (QED) is 0.883. The molecule has 2 aromatic rings. The van der Waals surface area contributed by atoms with Crippen molar-refractivity contribution in [2.45, 2.75) is 52.5 Å². The third-order valence-corrected chi connectivity index (χ3v) is 5.31. The Hall–Kier alpha value is -2.76. The van der Waals surface area contributed by atoms with Crippen molar-refractivity contribution in [1.29, 1.82) is 0 Å². The van der Waals surface area contributed by atoms with E-state index in [0.717, 1.165) is 40.7 Å². The molecule has 6 nitrogen and oxygen atoms in total. The van der Waals surface area contributed by atoms with Crippen molar-refractivity contribution in [2.75, 3.05) is 6.54 Å². The molecule has 0 spiro atoms. The van der Waals surface area contributed by atoms with Crippen LogP contribution in [0, 0.1) is 0 Å². The SMILES string of the molecule is CCn1ncc2c(C(=O)NCC3=C(C)C=C(C)CC3=O)cc(C3CC3)nc21. The number of ketones is 1. The highest BCUT2D eigenvalue weighted by atomic mass is 16.2. The highest BCUT2D eigenvalue weighted by molar-refractivity contribution is 6.06. The van der Waals surface area contributed by atoms with Crippen LogP contribution in [0.4, 0.5) is 0 Å². The summed E-state index contributed by atoms with van der Waals surface area (Å²) in [6.45, 7) is 6.84. The largest absolute Gasteiger partial charge is 0.348 e. The van der Waals surface area contributed by atoms with Gasteiger partial charge in [0.1, 0.15) is 0 Å². The zero-order chi connectivity index (χ0) is 19.1. The number of amides is 1. The molecule has 6 heteroatoms. The molecule has 0 aromatic carbocycles. The van der Waals surface area contributed by atoms with E-state index >= 15 is 0 Å². The van der Waals surface area contributed by atoms with Gasteiger partial charge < -0.3 is 5.32 Å². The Morgan fingerprint density at radius 3 is 2.78 bits per heavy atom. The number of nitrogens with one attached hydrogen (secondary N) is 1. The molecule has 0 atom stereocenters. The first kappa shape index (κ1) is 17.6. The van der Waals surface area contributed by atoms with Crippen LogP contribution < -0.4 is 5.32 Å². The Bertz CT molecular complexity index is 1010. The third-order valence-electron chi connectivity index (χ3n) is 5.31. The minimum absolute atomic E-state index is 0.0881. The Labute approximate surface area is 158 Å². The smallest absolute Gasteiger partial charge is 0.252 e. The van der Waals surface area contributed by atoms with Crippen LogP contribution in [-0.4, -0.2) is 33.0 Å². The summed E-state index contributed by atoms with van der Waals surface area (Å²) in [7, 11) is 0. The summed E-state index contributed by atoms with van der Waals surface area (Å²) in [5, 5.41) is 8.06. The molecule has 0 unspecified atom stereocenters. The van der Waals surface area contributed by atoms with Gasteiger partial charge >= 0.3 is 0 Å². The van der Waals surface area contributed by atoms with Crippen molar-refractivity contribution in [2.24, 2.45) is 0 Å². The fourth-order valence-corrected chi connectivity index (χ4v) is 3.66. The predicted molar refractivity (Wildman–Crippen MR) is 104 cm³/mol. The van der Waals surface area contributed by atoms with Crippen molar-refractivity contribution in [3.05, 3.63) is 46.3 Å². The minimum Gasteiger partial charge on any atom is -0.348 e. The second-order valence-electron chi connectivity index (χ2n) is 7.50. The van der Waals surface area contributed by atoms with Crippen LogP contribution in [0.3, 0.4) is 0 Å². The van der Waals surface area contributed by atoms with Crippen molar-refractivity contribution in [3.63, 3.8) is 0 Å². The van der Waals surface area contributed by atoms with Gasteiger partial charge in [-0.3, -0.25) is 9.59 Å². The second kappa shape index (κ2) is 6.76. The molecule has 4 rings (SSSR count). The lowest BCUT2D eigenvalue weighted by Gasteiger charge is -2.16. The molecule has 0 aliphatic heterocycles. The number of Topliss-reactive ketones (excluding diaryl/α,β-unsaturated/α-hetero) is 1. The van der Waals surface area contributed by atoms with Crippen LogP contribution in [-0.2, 0) is 11.3 Å². The molecule has 0 radical (unpaired) electrons. The van der Waals surface area contributed by atoms with Gasteiger partial charge in [0.15, 0.2) is 11.4 Å². The summed E-state index contributed by atoms with van der Waals surface area (Å²) < 4.78 is 1.82. The van der Waals surface area contributed by atoms with Gasteiger partial charge in [-0.1, -0.05) is 11.6 Å². The lowest BCUT2D eigenvalue weighted by molar-refractivity contribution is -0.115. The standard InChI is InChI=1S/C21H24N4O2/c1-4-25-20-17(11-23-25)15(9-18(24-20)14-5-6-14)21(27)22-10-16-13(3)7-12(2)8-19(16)26/h7,9,11,14H,4-6,8,10H2,1-3H3,(H,22,27). The summed E-state index contributed by atoms with van der Waals surface area (Å²) >= 11 is 0. The Balaban J connectivity index is 1.64. The average molecular weight is 364 g/mol. The second-order valence-corrected chi connectivity index (χ2v) is 7.50. The lowest BCUT2D eigenvalue weighted by Crippen LogP contribution is -2.29. The number of carbonyl (C=O) groups excluding carboxylic acids is 2. The molecule has 140 valence electrons. The van der Waals surface area contributed by atoms with E-state index in [1.165, 1.54) is 0 Å². The molecule has 2 aliphatic carbocycles. The van der Waals surface area contributed by atoms with E-state index in [1.54, 1.807) is 6.20 Å². The summed E-state index contributed by atoms with van der Waals surface area (Å²) in [6, 6.07) is 1.89. The first-order valence-electron chi connectivity index (χ1n) is 9.52. The van der Waals surface area contributed by atoms with Crippen LogP contribution in [0.15, 0.2) is 35.1 Å². The summed E-state index contributed by atoms with van der Waals surface area (Å²) in [6.07, 6.45) is 6.39. The summed E-state index contributed by atoms with van der Waals surface area (Å²) in [4.78, 5) is 30.0. The highest BCUT2D eigenvalue weighted by Gasteiger charge is 2.28. The molecule has 1 amide bonds. The van der Waals surface area contributed by atoms with Crippen molar-refractivity contribution in [1.82, 2.24) is 20.1 Å². The number of rotatable bonds is 5. The number of aromatic nitrogens is 3. The molecule has 27 heavy (non-hydrogen) atoms. The molecule has 1 saturated carbocycles. The molecule has 1 fully saturated rings. The van der Waals surface area contributed by atoms with E-state index in [9.17, 15) is 9.59 Å². The number of nitrogens with zero attached hydrogens (tertiary/aromatic N) is 3. The minimum atomic E-state index is -0.181. The average Bonchev–Trinajstić information content (AvgIpc) is 3.39. The zero-order valence-electron chi connectivity index (χ0n) is 16.0. The fraction of sp³-hybridized carbons (Fsp3) is 0.429. The maximum Gasteiger partial charge on any atom is 0.252 e. The Morgan fingerprint density at radius 2 is 2.11 bits per heavy atom. The summed E-state index contributed by atoms with van der Waals surface area (Å²) in [5.74, 6) is 0.351. The van der Waals surface area contributed by atoms with Crippen molar-refractivity contribution >= 4 is 22.7 Å². The van der Waals surface area contributed by atoms with E-state index in [2.05, 4.69) is 10.4 Å². The number of pyridine rings is 1. The van der Waals surface area contributed by atoms with Crippen LogP contribution >= 0.6 is 0 Å². The van der Waals surface area contributed by atoms with Gasteiger partial charge in [0.05, 0.1) is 17.1 Å². The van der Waals surface area contributed by atoms with E-state index in [0.29, 0.717) is 30.0 Å². The van der Waals surface area contributed by atoms with Crippen LogP contribution in [0.25, 0.3) is 11.0 Å². The number of aryl methyl sites for hydroxylation is 1. The van der Waals surface area contributed by atoms with Gasteiger partial charge in [-0.2, -0.15) is 5.10 Å². The normalized spacial score (nSPS) is 17.4. The number of fused-ring (bicyclic) bond motifs is 1. The molecule has 2 heterocycles. The van der Waals surface area contributed by atoms with Gasteiger partial charge in [0.25, 0.3) is 5.91 Å². The fourth-order valence-electron chi connectivity index (χ4n) is 3.66. The molecule has 2 aromatic heterocycles. The van der Waals surface area contributed by atoms with E-state index in [1.807, 2.05) is 37.6 Å². The van der Waals surface area contributed by atoms with E-state index in [-0.39, 0.29) is 18.2 Å². The topological polar surface area (TPSA) is 76.9 Å². The van der Waals surface area contributed by atoms with Gasteiger partial charge in [0, 0.05) is 36.7 Å². The number of hydrogen-bond donors (Lipinski definition) is 1. The molecule has 2 aliphatic rings. The van der Waals surface area contributed by atoms with Gasteiger partial charge in [-0.15, -0.1) is 0 Å². The Kier molecular flexibility index (Phi) is 4.42. The van der Waals surface area contributed by atoms with Crippen LogP contribution in [0.1, 0.15) is 62.0 Å². The van der Waals surface area contributed by atoms with Crippen LogP contribution in [0.5, 0.6) is 0 Å². The van der Waals surface area contributed by atoms with E-state index in [4.69, 9.17) is 4.98 Å². The van der Waals surface area contributed by atoms with Crippen molar-refractivity contribution in [3.8, 4) is 0 Å². The molecule has 1 N–H and O–H groups in total. The number of carbonyl (C=O) groups is 2. The molecular formula is C21H24N4O2. The van der Waals surface area contributed by atoms with E-state index < -0.39 is 0 Å². The van der Waals surface area contributed by atoms with Gasteiger partial charge in [0.2, 0.25) is 0 Å². The van der Waals surface area contributed by atoms with Gasteiger partial charge in [-0.05, 0) is 45.3 Å². The molecular weight excluding hydrogens is 340 g/mol. The third kappa shape index (κ3) is 3.31. The Morgan fingerprint density at radius 1 is 1.33 bits per heavy atom. The number of hydrogen-bond acceptors (Lipinski definition) is 4. The maximum atomic E-state index is 12.9. The monoisotopic (exact) mass is 364 g/mol. The predicted octanol–water partition coefficient (Wildman–Crippen LogP) is 3.29. The van der Waals surface area contributed by atoms with Crippen molar-refractivity contribution < 1.29 is 9.59 Å².